The molecule has 2 aromatic carbocycles. The summed E-state index contributed by atoms with van der Waals surface area (Å²) in [4.78, 5) is 4.21. The van der Waals surface area contributed by atoms with Gasteiger partial charge in [0.15, 0.2) is 17.5 Å². The highest BCUT2D eigenvalue weighted by Gasteiger charge is 2.11. The van der Waals surface area contributed by atoms with Gasteiger partial charge in [-0.05, 0) is 41.8 Å². The number of nitrogens with zero attached hydrogens (tertiary/aromatic N) is 1. The van der Waals surface area contributed by atoms with Crippen molar-refractivity contribution in [3.05, 3.63) is 53.6 Å². The average molecular weight is 507 g/mol. The van der Waals surface area contributed by atoms with Crippen LogP contribution in [0.2, 0.25) is 0 Å². The minimum Gasteiger partial charge on any atom is -0.497 e. The molecule has 0 heterocycles. The number of ether oxygens (including phenoxy) is 3. The Kier molecular flexibility index (Phi) is 10.4. The molecule has 6 nitrogen and oxygen atoms in total. The molecule has 0 spiro atoms. The Hall–Kier alpha value is -2.30. The summed E-state index contributed by atoms with van der Waals surface area (Å²) in [6.07, 6.45) is 0.773. The van der Waals surface area contributed by atoms with Crippen molar-refractivity contribution >= 4 is 29.9 Å². The van der Waals surface area contributed by atoms with Crippen LogP contribution in [0.25, 0.3) is 0 Å². The fraction of sp³-hybridized carbons (Fsp3) is 0.316. The highest BCUT2D eigenvalue weighted by molar-refractivity contribution is 14.0. The maximum absolute atomic E-state index is 12.5. The topological polar surface area (TPSA) is 78.1 Å². The molecule has 154 valence electrons. The van der Waals surface area contributed by atoms with Crippen molar-refractivity contribution in [3.63, 3.8) is 0 Å². The van der Waals surface area contributed by atoms with Crippen LogP contribution in [-0.4, -0.2) is 33.3 Å². The first-order chi connectivity index (χ1) is 13.0. The summed E-state index contributed by atoms with van der Waals surface area (Å²) in [7, 11) is 3.01. The van der Waals surface area contributed by atoms with Crippen LogP contribution in [0.15, 0.2) is 47.5 Å². The lowest BCUT2D eigenvalue weighted by molar-refractivity contribution is -0.0512. The van der Waals surface area contributed by atoms with Crippen LogP contribution in [-0.2, 0) is 13.0 Å². The van der Waals surface area contributed by atoms with Crippen molar-refractivity contribution in [3.8, 4) is 17.2 Å². The Morgan fingerprint density at radius 1 is 1.04 bits per heavy atom. The highest BCUT2D eigenvalue weighted by Crippen LogP contribution is 2.29. The van der Waals surface area contributed by atoms with E-state index in [1.165, 1.54) is 13.2 Å². The van der Waals surface area contributed by atoms with Gasteiger partial charge in [-0.2, -0.15) is 8.78 Å². The number of nitrogens with one attached hydrogen (secondary N) is 1. The molecule has 0 unspecified atom stereocenters. The lowest BCUT2D eigenvalue weighted by Crippen LogP contribution is -2.33. The van der Waals surface area contributed by atoms with Crippen molar-refractivity contribution in [2.75, 3.05) is 20.8 Å². The molecule has 0 saturated carbocycles. The van der Waals surface area contributed by atoms with Crippen LogP contribution in [0.1, 0.15) is 11.1 Å². The van der Waals surface area contributed by atoms with E-state index in [0.717, 1.165) is 17.7 Å². The number of methoxy groups -OCH3 is 2. The van der Waals surface area contributed by atoms with Gasteiger partial charge >= 0.3 is 6.61 Å². The molecule has 0 fully saturated rings. The smallest absolute Gasteiger partial charge is 0.387 e. The zero-order chi connectivity index (χ0) is 19.6. The van der Waals surface area contributed by atoms with E-state index in [2.05, 4.69) is 15.0 Å². The molecule has 3 N–H and O–H groups in total. The normalized spacial score (nSPS) is 11.0. The summed E-state index contributed by atoms with van der Waals surface area (Å²) in [6, 6.07) is 12.5. The fourth-order valence-corrected chi connectivity index (χ4v) is 2.37. The maximum Gasteiger partial charge on any atom is 0.387 e. The van der Waals surface area contributed by atoms with E-state index in [0.29, 0.717) is 12.1 Å². The molecule has 0 bridgehead atoms. The molecule has 9 heteroatoms. The number of hydrogen-bond acceptors (Lipinski definition) is 4. The Morgan fingerprint density at radius 3 is 2.32 bits per heavy atom. The van der Waals surface area contributed by atoms with Crippen LogP contribution >= 0.6 is 24.0 Å². The minimum absolute atomic E-state index is 0. The molecule has 0 aliphatic heterocycles. The van der Waals surface area contributed by atoms with Gasteiger partial charge in [-0.15, -0.1) is 24.0 Å². The second-order valence-corrected chi connectivity index (χ2v) is 5.59. The van der Waals surface area contributed by atoms with Gasteiger partial charge in [-0.3, -0.25) is 0 Å². The quantitative estimate of drug-likeness (QED) is 0.309. The van der Waals surface area contributed by atoms with Crippen LogP contribution in [0.5, 0.6) is 17.2 Å². The summed E-state index contributed by atoms with van der Waals surface area (Å²) in [6.45, 7) is -2.09. The molecule has 2 aromatic rings. The monoisotopic (exact) mass is 507 g/mol. The first kappa shape index (κ1) is 23.7. The summed E-state index contributed by atoms with van der Waals surface area (Å²) in [5.74, 6) is 1.28. The van der Waals surface area contributed by atoms with Crippen LogP contribution < -0.4 is 25.3 Å². The third-order valence-corrected chi connectivity index (χ3v) is 3.75. The summed E-state index contributed by atoms with van der Waals surface area (Å²) < 4.78 is 39.5. The predicted molar refractivity (Wildman–Crippen MR) is 115 cm³/mol. The Bertz CT molecular complexity index is 759. The van der Waals surface area contributed by atoms with E-state index in [1.807, 2.05) is 24.3 Å². The maximum atomic E-state index is 12.5. The van der Waals surface area contributed by atoms with Gasteiger partial charge in [0.25, 0.3) is 0 Å². The number of aliphatic imine (C=N–C) groups is 1. The van der Waals surface area contributed by atoms with Gasteiger partial charge in [0.2, 0.25) is 0 Å². The molecule has 2 rings (SSSR count). The number of hydrogen-bond donors (Lipinski definition) is 2. The van der Waals surface area contributed by atoms with E-state index >= 15 is 0 Å². The van der Waals surface area contributed by atoms with E-state index in [-0.39, 0.29) is 48.0 Å². The lowest BCUT2D eigenvalue weighted by atomic mass is 10.1. The van der Waals surface area contributed by atoms with E-state index in [9.17, 15) is 8.78 Å². The molecule has 0 saturated heterocycles. The zero-order valence-electron chi connectivity index (χ0n) is 15.7. The molecular weight excluding hydrogens is 483 g/mol. The van der Waals surface area contributed by atoms with Gasteiger partial charge in [-0.1, -0.05) is 18.2 Å². The number of alkyl halides is 2. The highest BCUT2D eigenvalue weighted by atomic mass is 127. The van der Waals surface area contributed by atoms with Gasteiger partial charge in [-0.25, -0.2) is 4.99 Å². The number of halogens is 3. The molecule has 0 aliphatic rings. The van der Waals surface area contributed by atoms with Crippen molar-refractivity contribution < 1.29 is 23.0 Å². The number of rotatable bonds is 9. The van der Waals surface area contributed by atoms with Crippen molar-refractivity contribution in [2.45, 2.75) is 19.6 Å². The zero-order valence-corrected chi connectivity index (χ0v) is 18.0. The molecule has 28 heavy (non-hydrogen) atoms. The second-order valence-electron chi connectivity index (χ2n) is 5.59. The first-order valence-corrected chi connectivity index (χ1v) is 8.30. The standard InChI is InChI=1S/C19H23F2N3O3.HI/c1-25-15-6-3-13(4-7-15)9-10-23-19(22)24-12-14-5-8-16(26-2)17(11-14)27-18(20)21;/h3-8,11,18H,9-10,12H2,1-2H3,(H3,22,23,24);1H. The van der Waals surface area contributed by atoms with Gasteiger partial charge < -0.3 is 25.3 Å². The molecule has 0 aromatic heterocycles. The molecule has 0 atom stereocenters. The Morgan fingerprint density at radius 2 is 1.71 bits per heavy atom. The SMILES string of the molecule is COc1ccc(CCNC(N)=NCc2ccc(OC)c(OC(F)F)c2)cc1.I. The predicted octanol–water partition coefficient (Wildman–Crippen LogP) is 3.57. The first-order valence-electron chi connectivity index (χ1n) is 8.30. The summed E-state index contributed by atoms with van der Waals surface area (Å²) in [5.41, 5.74) is 7.66. The fourth-order valence-electron chi connectivity index (χ4n) is 2.37. The third kappa shape index (κ3) is 7.75. The lowest BCUT2D eigenvalue weighted by Gasteiger charge is -2.11. The number of guanidine groups is 1. The van der Waals surface area contributed by atoms with Gasteiger partial charge in [0, 0.05) is 6.54 Å². The van der Waals surface area contributed by atoms with E-state index in [4.69, 9.17) is 15.2 Å². The average Bonchev–Trinajstić information content (AvgIpc) is 2.66. The molecule has 0 radical (unpaired) electrons. The minimum atomic E-state index is -2.93. The van der Waals surface area contributed by atoms with Crippen LogP contribution in [0, 0.1) is 0 Å². The van der Waals surface area contributed by atoms with Gasteiger partial charge in [0.1, 0.15) is 5.75 Å². The number of benzene rings is 2. The van der Waals surface area contributed by atoms with E-state index in [1.54, 1.807) is 19.2 Å². The summed E-state index contributed by atoms with van der Waals surface area (Å²) in [5, 5.41) is 3.02. The van der Waals surface area contributed by atoms with Crippen LogP contribution in [0.3, 0.4) is 0 Å². The van der Waals surface area contributed by atoms with E-state index < -0.39 is 6.61 Å². The molecular formula is C19H24F2IN3O3. The third-order valence-electron chi connectivity index (χ3n) is 3.75. The number of nitrogens with two attached hydrogens (primary N) is 1. The summed E-state index contributed by atoms with van der Waals surface area (Å²) >= 11 is 0. The largest absolute Gasteiger partial charge is 0.497 e. The molecule has 0 amide bonds. The van der Waals surface area contributed by atoms with Gasteiger partial charge in [0.05, 0.1) is 20.8 Å². The van der Waals surface area contributed by atoms with Crippen LogP contribution in [0.4, 0.5) is 8.78 Å². The molecule has 0 aliphatic carbocycles. The Labute approximate surface area is 180 Å². The van der Waals surface area contributed by atoms with Crippen molar-refractivity contribution in [2.24, 2.45) is 10.7 Å². The second kappa shape index (κ2) is 12.2. The van der Waals surface area contributed by atoms with Crippen molar-refractivity contribution in [1.29, 1.82) is 0 Å². The van der Waals surface area contributed by atoms with Crippen molar-refractivity contribution in [1.82, 2.24) is 5.32 Å². The Balaban J connectivity index is 0.00000392.